The summed E-state index contributed by atoms with van der Waals surface area (Å²) in [5.41, 5.74) is 2.59. The van der Waals surface area contributed by atoms with Gasteiger partial charge in [-0.05, 0) is 59.7 Å². The first-order chi connectivity index (χ1) is 15.7. The number of nitriles is 1. The number of amides is 1. The van der Waals surface area contributed by atoms with E-state index in [1.165, 1.54) is 7.11 Å². The number of hydrogen-bond acceptors (Lipinski definition) is 5. The number of alkyl halides is 3. The van der Waals surface area contributed by atoms with Crippen LogP contribution in [0.1, 0.15) is 42.4 Å². The third kappa shape index (κ3) is 4.65. The zero-order valence-electron chi connectivity index (χ0n) is 18.0. The van der Waals surface area contributed by atoms with Crippen LogP contribution in [-0.4, -0.2) is 30.8 Å². The minimum Gasteiger partial charge on any atom is -0.494 e. The lowest BCUT2D eigenvalue weighted by atomic mass is 9.78. The molecule has 1 aliphatic carbocycles. The quantitative estimate of drug-likeness (QED) is 0.648. The molecule has 1 aromatic carbocycles. The van der Waals surface area contributed by atoms with Crippen molar-refractivity contribution in [1.82, 2.24) is 10.3 Å². The summed E-state index contributed by atoms with van der Waals surface area (Å²) in [5.74, 6) is 0.500. The first-order valence-electron chi connectivity index (χ1n) is 10.5. The summed E-state index contributed by atoms with van der Waals surface area (Å²) in [6.45, 7) is -0.0247. The molecule has 2 aliphatic rings. The molecule has 0 saturated carbocycles. The van der Waals surface area contributed by atoms with Crippen molar-refractivity contribution in [1.29, 1.82) is 5.26 Å². The van der Waals surface area contributed by atoms with Crippen molar-refractivity contribution in [2.45, 2.75) is 43.8 Å². The minimum absolute atomic E-state index is 0.0247. The maximum Gasteiger partial charge on any atom is 0.389 e. The summed E-state index contributed by atoms with van der Waals surface area (Å²) in [5, 5.41) is 12.6. The third-order valence-electron chi connectivity index (χ3n) is 6.05. The van der Waals surface area contributed by atoms with Gasteiger partial charge in [0.15, 0.2) is 0 Å². The molecule has 2 aromatic rings. The number of aromatic nitrogens is 1. The fraction of sp³-hybridized carbons (Fsp3) is 0.375. The second-order valence-corrected chi connectivity index (χ2v) is 8.15. The Morgan fingerprint density at radius 1 is 1.27 bits per heavy atom. The van der Waals surface area contributed by atoms with Gasteiger partial charge >= 0.3 is 6.18 Å². The Balaban J connectivity index is 1.57. The zero-order valence-corrected chi connectivity index (χ0v) is 18.0. The van der Waals surface area contributed by atoms with Crippen LogP contribution < -0.4 is 14.8 Å². The number of carbonyl (C=O) groups excluding carboxylic acids is 1. The van der Waals surface area contributed by atoms with E-state index >= 15 is 0 Å². The summed E-state index contributed by atoms with van der Waals surface area (Å²) < 4.78 is 47.6. The molecule has 0 bridgehead atoms. The van der Waals surface area contributed by atoms with E-state index in [1.807, 2.05) is 18.2 Å². The van der Waals surface area contributed by atoms with Gasteiger partial charge in [0.25, 0.3) is 5.91 Å². The summed E-state index contributed by atoms with van der Waals surface area (Å²) in [7, 11) is 1.51. The second-order valence-electron chi connectivity index (χ2n) is 8.15. The van der Waals surface area contributed by atoms with Crippen LogP contribution in [0.3, 0.4) is 0 Å². The van der Waals surface area contributed by atoms with E-state index < -0.39 is 24.0 Å². The van der Waals surface area contributed by atoms with Crippen molar-refractivity contribution in [2.24, 2.45) is 0 Å². The molecule has 0 fully saturated rings. The fourth-order valence-electron chi connectivity index (χ4n) is 4.49. The normalized spacial score (nSPS) is 19.8. The number of methoxy groups -OCH3 is 1. The van der Waals surface area contributed by atoms with E-state index in [-0.39, 0.29) is 18.6 Å². The van der Waals surface area contributed by atoms with Gasteiger partial charge in [0.05, 0.1) is 19.3 Å². The van der Waals surface area contributed by atoms with E-state index in [9.17, 15) is 23.2 Å². The van der Waals surface area contributed by atoms with Crippen LogP contribution in [0.2, 0.25) is 0 Å². The predicted octanol–water partition coefficient (Wildman–Crippen LogP) is 4.45. The first-order valence-corrected chi connectivity index (χ1v) is 10.5. The number of fused-ring (bicyclic) bond motifs is 2. The molecule has 1 aliphatic heterocycles. The monoisotopic (exact) mass is 457 g/mol. The molecular weight excluding hydrogens is 435 g/mol. The Hall–Kier alpha value is -3.54. The van der Waals surface area contributed by atoms with Gasteiger partial charge in [0.1, 0.15) is 17.4 Å². The van der Waals surface area contributed by atoms with Gasteiger partial charge in [0.2, 0.25) is 5.88 Å². The lowest BCUT2D eigenvalue weighted by Crippen LogP contribution is -2.48. The third-order valence-corrected chi connectivity index (χ3v) is 6.05. The number of carbonyl (C=O) groups is 1. The molecule has 1 N–H and O–H groups in total. The maximum atomic E-state index is 12.9. The number of hydrogen-bond donors (Lipinski definition) is 1. The van der Waals surface area contributed by atoms with Crippen molar-refractivity contribution in [3.63, 3.8) is 0 Å². The molecule has 33 heavy (non-hydrogen) atoms. The molecule has 0 saturated heterocycles. The Morgan fingerprint density at radius 2 is 2.09 bits per heavy atom. The van der Waals surface area contributed by atoms with Crippen molar-refractivity contribution < 1.29 is 27.4 Å². The number of halogens is 3. The molecule has 6 nitrogen and oxygen atoms in total. The molecule has 1 amide bonds. The number of benzene rings is 1. The standard InChI is InChI=1S/C24H22F3N3O3/c1-32-21-6-3-16(14-29-21)18-12-23(30-22(31)19(18)13-28)9-7-15-11-17(4-5-20(15)23)33-10-2-8-24(25,26)27/h3-6,11,14H,2,7-10,12H2,1H3,(H,30,31). The van der Waals surface area contributed by atoms with Crippen LogP contribution in [0.4, 0.5) is 13.2 Å². The first kappa shape index (κ1) is 22.6. The summed E-state index contributed by atoms with van der Waals surface area (Å²) in [6, 6.07) is 10.9. The van der Waals surface area contributed by atoms with Gasteiger partial charge in [-0.1, -0.05) is 6.07 Å². The molecule has 1 unspecified atom stereocenters. The Morgan fingerprint density at radius 3 is 2.76 bits per heavy atom. The van der Waals surface area contributed by atoms with Gasteiger partial charge in [-0.3, -0.25) is 4.79 Å². The Kier molecular flexibility index (Phi) is 6.02. The highest BCUT2D eigenvalue weighted by Gasteiger charge is 2.45. The van der Waals surface area contributed by atoms with E-state index in [0.717, 1.165) is 11.1 Å². The summed E-state index contributed by atoms with van der Waals surface area (Å²) >= 11 is 0. The van der Waals surface area contributed by atoms with Crippen molar-refractivity contribution in [2.75, 3.05) is 13.7 Å². The molecule has 1 atom stereocenters. The van der Waals surface area contributed by atoms with Gasteiger partial charge in [0, 0.05) is 25.1 Å². The van der Waals surface area contributed by atoms with E-state index in [0.29, 0.717) is 42.0 Å². The smallest absolute Gasteiger partial charge is 0.389 e. The van der Waals surface area contributed by atoms with Gasteiger partial charge in [-0.2, -0.15) is 18.4 Å². The van der Waals surface area contributed by atoms with Crippen molar-refractivity contribution >= 4 is 11.5 Å². The Bertz CT molecular complexity index is 1140. The number of ether oxygens (including phenoxy) is 2. The largest absolute Gasteiger partial charge is 0.494 e. The topological polar surface area (TPSA) is 84.2 Å². The number of aryl methyl sites for hydroxylation is 1. The highest BCUT2D eigenvalue weighted by atomic mass is 19.4. The molecule has 2 heterocycles. The lowest BCUT2D eigenvalue weighted by Gasteiger charge is -2.36. The predicted molar refractivity (Wildman–Crippen MR) is 113 cm³/mol. The molecule has 0 radical (unpaired) electrons. The fourth-order valence-corrected chi connectivity index (χ4v) is 4.49. The summed E-state index contributed by atoms with van der Waals surface area (Å²) in [4.78, 5) is 17.1. The highest BCUT2D eigenvalue weighted by molar-refractivity contribution is 6.07. The number of nitrogens with one attached hydrogen (secondary N) is 1. The average molecular weight is 457 g/mol. The van der Waals surface area contributed by atoms with Crippen LogP contribution in [0.15, 0.2) is 42.1 Å². The Labute approximate surface area is 189 Å². The molecule has 1 spiro atoms. The van der Waals surface area contributed by atoms with Crippen LogP contribution in [0.25, 0.3) is 5.57 Å². The van der Waals surface area contributed by atoms with Gasteiger partial charge in [-0.25, -0.2) is 4.98 Å². The lowest BCUT2D eigenvalue weighted by molar-refractivity contribution is -0.136. The van der Waals surface area contributed by atoms with Gasteiger partial charge < -0.3 is 14.8 Å². The highest BCUT2D eigenvalue weighted by Crippen LogP contribution is 2.47. The average Bonchev–Trinajstić information content (AvgIpc) is 3.12. The SMILES string of the molecule is COc1ccc(C2=C(C#N)C(=O)NC3(CCc4cc(OCCCC(F)(F)F)ccc43)C2)cn1. The van der Waals surface area contributed by atoms with E-state index in [2.05, 4.69) is 10.3 Å². The van der Waals surface area contributed by atoms with E-state index in [1.54, 1.807) is 24.4 Å². The number of nitrogens with zero attached hydrogens (tertiary/aromatic N) is 2. The van der Waals surface area contributed by atoms with Crippen molar-refractivity contribution in [3.8, 4) is 17.7 Å². The van der Waals surface area contributed by atoms with Crippen LogP contribution in [0, 0.1) is 11.3 Å². The number of pyridine rings is 1. The van der Waals surface area contributed by atoms with Gasteiger partial charge in [-0.15, -0.1) is 0 Å². The molecular formula is C24H22F3N3O3. The number of rotatable bonds is 6. The molecule has 4 rings (SSSR count). The van der Waals surface area contributed by atoms with Crippen LogP contribution in [-0.2, 0) is 16.8 Å². The van der Waals surface area contributed by atoms with Crippen molar-refractivity contribution in [3.05, 3.63) is 58.8 Å². The molecule has 172 valence electrons. The molecule has 9 heteroatoms. The zero-order chi connectivity index (χ0) is 23.6. The summed E-state index contributed by atoms with van der Waals surface area (Å²) in [6.07, 6.45) is -1.87. The second kappa shape index (κ2) is 8.77. The minimum atomic E-state index is -4.19. The maximum absolute atomic E-state index is 12.9. The van der Waals surface area contributed by atoms with Crippen LogP contribution >= 0.6 is 0 Å². The van der Waals surface area contributed by atoms with Crippen LogP contribution in [0.5, 0.6) is 11.6 Å². The van der Waals surface area contributed by atoms with E-state index in [4.69, 9.17) is 9.47 Å². The molecule has 1 aromatic heterocycles.